The third-order valence-corrected chi connectivity index (χ3v) is 3.20. The summed E-state index contributed by atoms with van der Waals surface area (Å²) >= 11 is 0. The third kappa shape index (κ3) is 5.67. The van der Waals surface area contributed by atoms with E-state index in [1.54, 1.807) is 11.0 Å². The molecule has 1 aliphatic heterocycles. The molecule has 1 aliphatic rings. The molecule has 2 heterocycles. The van der Waals surface area contributed by atoms with Gasteiger partial charge in [-0.2, -0.15) is 0 Å². The molecule has 0 aromatic carbocycles. The molecule has 6 nitrogen and oxygen atoms in total. The maximum Gasteiger partial charge on any atom is 0.410 e. The predicted molar refractivity (Wildman–Crippen MR) is 87.1 cm³/mol. The molecule has 0 spiro atoms. The largest absolute Gasteiger partial charge is 0.444 e. The number of hydrogen-bond acceptors (Lipinski definition) is 5. The van der Waals surface area contributed by atoms with Gasteiger partial charge < -0.3 is 19.6 Å². The Morgan fingerprint density at radius 2 is 1.78 bits per heavy atom. The summed E-state index contributed by atoms with van der Waals surface area (Å²) in [6.07, 6.45) is -0.320. The zero-order chi connectivity index (χ0) is 17.6. The van der Waals surface area contributed by atoms with Crippen LogP contribution in [0.5, 0.6) is 0 Å². The number of halogens is 1. The van der Waals surface area contributed by atoms with Crippen LogP contribution in [0.2, 0.25) is 0 Å². The van der Waals surface area contributed by atoms with E-state index in [1.165, 1.54) is 6.07 Å². The van der Waals surface area contributed by atoms with E-state index in [1.807, 2.05) is 32.6 Å². The van der Waals surface area contributed by atoms with Gasteiger partial charge in [-0.05, 0) is 39.8 Å². The summed E-state index contributed by atoms with van der Waals surface area (Å²) in [5.74, 6) is 0.0326. The smallest absolute Gasteiger partial charge is 0.410 e. The number of aliphatic hydroxyl groups is 1. The van der Waals surface area contributed by atoms with Crippen LogP contribution in [0.15, 0.2) is 12.1 Å². The Bertz CT molecular complexity index is 524. The molecule has 7 heteroatoms. The lowest BCUT2D eigenvalue weighted by molar-refractivity contribution is 0.0240. The first-order valence-electron chi connectivity index (χ1n) is 7.57. The zero-order valence-corrected chi connectivity index (χ0v) is 14.5. The summed E-state index contributed by atoms with van der Waals surface area (Å²) in [7, 11) is 1.00. The van der Waals surface area contributed by atoms with Crippen LogP contribution in [0.1, 0.15) is 26.5 Å². The first-order valence-corrected chi connectivity index (χ1v) is 7.57. The molecule has 0 unspecified atom stereocenters. The van der Waals surface area contributed by atoms with Gasteiger partial charge in [0.1, 0.15) is 5.60 Å². The van der Waals surface area contributed by atoms with E-state index in [-0.39, 0.29) is 11.9 Å². The van der Waals surface area contributed by atoms with Crippen molar-refractivity contribution in [3.8, 4) is 0 Å². The molecule has 0 bridgehead atoms. The van der Waals surface area contributed by atoms with Gasteiger partial charge in [0.25, 0.3) is 0 Å². The Kier molecular flexibility index (Phi) is 6.75. The average molecular weight is 327 g/mol. The Hall–Kier alpha value is -1.89. The molecule has 1 fully saturated rings. The van der Waals surface area contributed by atoms with Crippen molar-refractivity contribution < 1.29 is 19.0 Å². The van der Waals surface area contributed by atoms with Crippen molar-refractivity contribution in [1.29, 1.82) is 0 Å². The van der Waals surface area contributed by atoms with Gasteiger partial charge in [-0.3, -0.25) is 0 Å². The van der Waals surface area contributed by atoms with Gasteiger partial charge in [-0.1, -0.05) is 0 Å². The normalized spacial score (nSPS) is 14.9. The van der Waals surface area contributed by atoms with Crippen molar-refractivity contribution in [3.05, 3.63) is 23.6 Å². The zero-order valence-electron chi connectivity index (χ0n) is 14.5. The second-order valence-corrected chi connectivity index (χ2v) is 6.21. The molecular formula is C16H26FN3O3. The van der Waals surface area contributed by atoms with Crippen molar-refractivity contribution in [2.24, 2.45) is 0 Å². The Balaban J connectivity index is 0.00000127. The Labute approximate surface area is 136 Å². The number of aliphatic hydroxyl groups excluding tert-OH is 1. The van der Waals surface area contributed by atoms with Gasteiger partial charge in [-0.25, -0.2) is 14.2 Å². The van der Waals surface area contributed by atoms with Crippen LogP contribution in [0.3, 0.4) is 0 Å². The fraction of sp³-hybridized carbons (Fsp3) is 0.625. The minimum absolute atomic E-state index is 0.320. The lowest BCUT2D eigenvalue weighted by Gasteiger charge is -2.36. The number of anilines is 1. The molecule has 2 rings (SSSR count). The number of hydrogen-bond donors (Lipinski definition) is 1. The minimum atomic E-state index is -0.502. The number of aromatic nitrogens is 1. The molecule has 0 atom stereocenters. The summed E-state index contributed by atoms with van der Waals surface area (Å²) in [6, 6.07) is 3.08. The summed E-state index contributed by atoms with van der Waals surface area (Å²) in [4.78, 5) is 19.7. The Morgan fingerprint density at radius 1 is 1.22 bits per heavy atom. The number of nitrogens with zero attached hydrogens (tertiary/aromatic N) is 3. The Morgan fingerprint density at radius 3 is 2.30 bits per heavy atom. The van der Waals surface area contributed by atoms with E-state index >= 15 is 0 Å². The molecule has 23 heavy (non-hydrogen) atoms. The van der Waals surface area contributed by atoms with Crippen molar-refractivity contribution >= 4 is 11.9 Å². The topological polar surface area (TPSA) is 65.9 Å². The van der Waals surface area contributed by atoms with E-state index < -0.39 is 5.60 Å². The van der Waals surface area contributed by atoms with Gasteiger partial charge >= 0.3 is 6.09 Å². The fourth-order valence-electron chi connectivity index (χ4n) is 2.18. The standard InChI is InChI=1S/C15H22FN3O2.CH4O/c1-11-5-6-12(16)13(17-11)18-7-9-19(10-8-18)14(20)21-15(2,3)4;1-2/h5-6H,7-10H2,1-4H3;2H,1H3. The molecule has 0 radical (unpaired) electrons. The fourth-order valence-corrected chi connectivity index (χ4v) is 2.18. The number of piperazine rings is 1. The van der Waals surface area contributed by atoms with Gasteiger partial charge in [0, 0.05) is 39.0 Å². The van der Waals surface area contributed by atoms with Crippen LogP contribution in [-0.4, -0.2) is 60.0 Å². The summed E-state index contributed by atoms with van der Waals surface area (Å²) in [5, 5.41) is 7.00. The highest BCUT2D eigenvalue weighted by Crippen LogP contribution is 2.19. The predicted octanol–water partition coefficient (Wildman–Crippen LogP) is 2.19. The van der Waals surface area contributed by atoms with Gasteiger partial charge in [0.2, 0.25) is 0 Å². The van der Waals surface area contributed by atoms with Crippen LogP contribution < -0.4 is 4.90 Å². The maximum atomic E-state index is 13.8. The summed E-state index contributed by atoms with van der Waals surface area (Å²) in [5.41, 5.74) is 0.277. The van der Waals surface area contributed by atoms with E-state index in [4.69, 9.17) is 9.84 Å². The molecule has 130 valence electrons. The number of aryl methyl sites for hydroxylation is 1. The molecule has 0 aliphatic carbocycles. The molecule has 1 saturated heterocycles. The number of carbonyl (C=O) groups is 1. The highest BCUT2D eigenvalue weighted by Gasteiger charge is 2.27. The highest BCUT2D eigenvalue weighted by atomic mass is 19.1. The number of carbonyl (C=O) groups excluding carboxylic acids is 1. The second kappa shape index (κ2) is 8.10. The molecular weight excluding hydrogens is 301 g/mol. The molecule has 0 saturated carbocycles. The monoisotopic (exact) mass is 327 g/mol. The van der Waals surface area contributed by atoms with Gasteiger partial charge in [-0.15, -0.1) is 0 Å². The SMILES string of the molecule is CO.Cc1ccc(F)c(N2CCN(C(=O)OC(C)(C)C)CC2)n1. The third-order valence-electron chi connectivity index (χ3n) is 3.20. The number of ether oxygens (including phenoxy) is 1. The van der Waals surface area contributed by atoms with Gasteiger partial charge in [0.15, 0.2) is 11.6 Å². The molecule has 1 amide bonds. The summed E-state index contributed by atoms with van der Waals surface area (Å²) in [6.45, 7) is 9.46. The van der Waals surface area contributed by atoms with E-state index in [2.05, 4.69) is 4.98 Å². The number of pyridine rings is 1. The van der Waals surface area contributed by atoms with Crippen molar-refractivity contribution in [2.45, 2.75) is 33.3 Å². The van der Waals surface area contributed by atoms with Crippen molar-refractivity contribution in [1.82, 2.24) is 9.88 Å². The quantitative estimate of drug-likeness (QED) is 0.856. The van der Waals surface area contributed by atoms with Crippen molar-refractivity contribution in [3.63, 3.8) is 0 Å². The molecule has 1 aromatic heterocycles. The summed E-state index contributed by atoms with van der Waals surface area (Å²) < 4.78 is 19.2. The van der Waals surface area contributed by atoms with Crippen LogP contribution in [0.25, 0.3) is 0 Å². The maximum absolute atomic E-state index is 13.8. The van der Waals surface area contributed by atoms with E-state index in [0.717, 1.165) is 12.8 Å². The van der Waals surface area contributed by atoms with E-state index in [0.29, 0.717) is 32.0 Å². The van der Waals surface area contributed by atoms with Gasteiger partial charge in [0.05, 0.1) is 0 Å². The lowest BCUT2D eigenvalue weighted by Crippen LogP contribution is -2.50. The van der Waals surface area contributed by atoms with Crippen LogP contribution in [-0.2, 0) is 4.74 Å². The minimum Gasteiger partial charge on any atom is -0.444 e. The van der Waals surface area contributed by atoms with Crippen molar-refractivity contribution in [2.75, 3.05) is 38.2 Å². The average Bonchev–Trinajstić information content (AvgIpc) is 2.50. The lowest BCUT2D eigenvalue weighted by atomic mass is 10.2. The highest BCUT2D eigenvalue weighted by molar-refractivity contribution is 5.68. The van der Waals surface area contributed by atoms with Crippen LogP contribution in [0, 0.1) is 12.7 Å². The molecule has 1 N–H and O–H groups in total. The first-order chi connectivity index (χ1) is 10.8. The van der Waals surface area contributed by atoms with Crippen LogP contribution in [0.4, 0.5) is 15.0 Å². The first kappa shape index (κ1) is 19.2. The van der Waals surface area contributed by atoms with E-state index in [9.17, 15) is 9.18 Å². The number of rotatable bonds is 1. The number of amides is 1. The molecule has 1 aromatic rings. The second-order valence-electron chi connectivity index (χ2n) is 6.21. The van der Waals surface area contributed by atoms with Crippen LogP contribution >= 0.6 is 0 Å².